The van der Waals surface area contributed by atoms with Gasteiger partial charge < -0.3 is 30.9 Å². The number of phenols is 1. The Morgan fingerprint density at radius 2 is 1.81 bits per heavy atom. The number of benzene rings is 1. The fourth-order valence-corrected chi connectivity index (χ4v) is 5.87. The molecule has 1 aromatic carbocycles. The molecule has 0 radical (unpaired) electrons. The number of aromatic hydroxyl groups is 1. The number of fused-ring (bicyclic) bond motifs is 3. The number of ether oxygens (including phenoxy) is 1. The molecular weight excluding hydrogens is 484 g/mol. The number of primary amides is 1. The lowest BCUT2D eigenvalue weighted by Gasteiger charge is -2.54. The first-order chi connectivity index (χ1) is 16.8. The van der Waals surface area contributed by atoms with E-state index in [1.165, 1.54) is 31.1 Å². The predicted molar refractivity (Wildman–Crippen MR) is 131 cm³/mol. The lowest BCUT2D eigenvalue weighted by molar-refractivity contribution is -0.182. The quantitative estimate of drug-likeness (QED) is 0.219. The molecule has 3 aliphatic rings. The number of Topliss-reactive ketones (excluding diaryl/α,β-unsaturated/α-hetero) is 2. The molecule has 37 heavy (non-hydrogen) atoms. The monoisotopic (exact) mass is 514 g/mol. The minimum atomic E-state index is -2.97. The van der Waals surface area contributed by atoms with Gasteiger partial charge in [-0.25, -0.2) is 4.79 Å². The standard InChI is InChI=1S/C25H26N2O9.CH4/c1-5-12(29)36-21-13-9(2)10-7-6-8-11(28)14(10)19(30)15(13)22(32)25(35)17(21)18(27(3)4)20(31)16(23(25)33)24(26)34;/h5-9,13,17-18,21,28,30,33,35H,1H2,2-4H3,(H2,26,34);1H4/t9-,13+,17+,18-,21+,25+;/m1./s1. The molecule has 0 aliphatic heterocycles. The summed E-state index contributed by atoms with van der Waals surface area (Å²) >= 11 is 0. The number of carbonyl (C=O) groups is 4. The first-order valence-corrected chi connectivity index (χ1v) is 11.1. The number of hydrogen-bond donors (Lipinski definition) is 5. The molecule has 0 saturated heterocycles. The molecule has 1 aromatic rings. The summed E-state index contributed by atoms with van der Waals surface area (Å²) in [5.41, 5.74) is 1.32. The molecule has 1 fully saturated rings. The van der Waals surface area contributed by atoms with E-state index < -0.39 is 81.6 Å². The Balaban J connectivity index is 0.00000380. The summed E-state index contributed by atoms with van der Waals surface area (Å²) in [6.07, 6.45) is -0.611. The smallest absolute Gasteiger partial charge is 0.330 e. The zero-order chi connectivity index (χ0) is 26.9. The average Bonchev–Trinajstić information content (AvgIpc) is 2.80. The van der Waals surface area contributed by atoms with Crippen LogP contribution in [0.3, 0.4) is 0 Å². The molecule has 0 aromatic heterocycles. The van der Waals surface area contributed by atoms with Crippen LogP contribution in [0.2, 0.25) is 0 Å². The average molecular weight is 515 g/mol. The molecule has 0 unspecified atom stereocenters. The number of aliphatic hydroxyl groups is 3. The van der Waals surface area contributed by atoms with Crippen molar-refractivity contribution in [3.8, 4) is 5.75 Å². The van der Waals surface area contributed by atoms with Crippen molar-refractivity contribution >= 4 is 29.2 Å². The number of nitrogens with two attached hydrogens (primary N) is 1. The summed E-state index contributed by atoms with van der Waals surface area (Å²) in [5, 5.41) is 44.5. The van der Waals surface area contributed by atoms with Gasteiger partial charge in [0.25, 0.3) is 5.91 Å². The minimum absolute atomic E-state index is 0. The van der Waals surface area contributed by atoms with Crippen LogP contribution in [-0.2, 0) is 23.9 Å². The number of esters is 1. The molecule has 6 atom stereocenters. The molecule has 198 valence electrons. The largest absolute Gasteiger partial charge is 0.508 e. The Morgan fingerprint density at radius 1 is 1.19 bits per heavy atom. The van der Waals surface area contributed by atoms with Crippen LogP contribution in [0.1, 0.15) is 31.4 Å². The number of carbonyl (C=O) groups excluding carboxylic acids is 4. The van der Waals surface area contributed by atoms with E-state index in [1.807, 2.05) is 0 Å². The molecule has 6 N–H and O–H groups in total. The maximum absolute atomic E-state index is 14.0. The van der Waals surface area contributed by atoms with Gasteiger partial charge in [-0.2, -0.15) is 0 Å². The SMILES string of the molecule is C.C=CC(=O)O[C@H]1[C@@H]2C(=C(O)c3c(O)cccc3[C@H]2C)C(=O)[C@]2(O)C(O)=C(C(N)=O)C(=O)[C@H](N(C)C)[C@@H]12. The summed E-state index contributed by atoms with van der Waals surface area (Å²) in [5.74, 6) is -10.2. The number of nitrogens with zero attached hydrogens (tertiary/aromatic N) is 1. The van der Waals surface area contributed by atoms with Crippen molar-refractivity contribution < 1.29 is 44.3 Å². The van der Waals surface area contributed by atoms with E-state index in [0.29, 0.717) is 5.56 Å². The Hall–Kier alpha value is -3.96. The van der Waals surface area contributed by atoms with E-state index in [2.05, 4.69) is 6.58 Å². The zero-order valence-electron chi connectivity index (χ0n) is 19.8. The van der Waals surface area contributed by atoms with Gasteiger partial charge in [-0.15, -0.1) is 0 Å². The maximum Gasteiger partial charge on any atom is 0.330 e. The van der Waals surface area contributed by atoms with Crippen molar-refractivity contribution in [1.82, 2.24) is 4.90 Å². The van der Waals surface area contributed by atoms with Crippen molar-refractivity contribution in [2.75, 3.05) is 14.1 Å². The fourth-order valence-electron chi connectivity index (χ4n) is 5.87. The Labute approximate surface area is 213 Å². The van der Waals surface area contributed by atoms with E-state index in [0.717, 1.165) is 6.08 Å². The number of amides is 1. The van der Waals surface area contributed by atoms with Gasteiger partial charge >= 0.3 is 5.97 Å². The van der Waals surface area contributed by atoms with Gasteiger partial charge in [-0.05, 0) is 31.6 Å². The van der Waals surface area contributed by atoms with Crippen LogP contribution in [0.15, 0.2) is 47.8 Å². The molecule has 11 heteroatoms. The number of ketones is 2. The highest BCUT2D eigenvalue weighted by atomic mass is 16.5. The summed E-state index contributed by atoms with van der Waals surface area (Å²) in [7, 11) is 2.89. The number of aliphatic hydroxyl groups excluding tert-OH is 2. The number of hydrogen-bond acceptors (Lipinski definition) is 10. The second-order valence-corrected chi connectivity index (χ2v) is 9.41. The van der Waals surface area contributed by atoms with E-state index in [4.69, 9.17) is 10.5 Å². The van der Waals surface area contributed by atoms with Crippen LogP contribution in [0, 0.1) is 11.8 Å². The molecule has 1 amide bonds. The number of phenolic OH excluding ortho intramolecular Hbond substituents is 1. The third kappa shape index (κ3) is 3.57. The van der Waals surface area contributed by atoms with Crippen molar-refractivity contribution in [3.05, 3.63) is 58.9 Å². The lowest BCUT2D eigenvalue weighted by atomic mass is 9.54. The molecule has 0 heterocycles. The summed E-state index contributed by atoms with van der Waals surface area (Å²) in [6, 6.07) is 3.02. The van der Waals surface area contributed by atoms with Crippen LogP contribution < -0.4 is 5.73 Å². The fraction of sp³-hybridized carbons (Fsp3) is 0.385. The first-order valence-electron chi connectivity index (χ1n) is 11.1. The first kappa shape index (κ1) is 27.6. The molecular formula is C26H30N2O9. The normalized spacial score (nSPS) is 30.7. The van der Waals surface area contributed by atoms with E-state index in [1.54, 1.807) is 13.0 Å². The molecule has 0 bridgehead atoms. The number of likely N-dealkylation sites (N-methyl/N-ethyl adjacent to an activating group) is 1. The van der Waals surface area contributed by atoms with Crippen LogP contribution in [-0.4, -0.2) is 80.6 Å². The van der Waals surface area contributed by atoms with E-state index >= 15 is 0 Å². The summed E-state index contributed by atoms with van der Waals surface area (Å²) < 4.78 is 5.62. The van der Waals surface area contributed by atoms with Crippen molar-refractivity contribution in [3.63, 3.8) is 0 Å². The van der Waals surface area contributed by atoms with Crippen LogP contribution >= 0.6 is 0 Å². The van der Waals surface area contributed by atoms with Gasteiger partial charge in [0, 0.05) is 17.6 Å². The van der Waals surface area contributed by atoms with Crippen molar-refractivity contribution in [2.45, 2.75) is 38.0 Å². The minimum Gasteiger partial charge on any atom is -0.508 e. The summed E-state index contributed by atoms with van der Waals surface area (Å²) in [6.45, 7) is 5.04. The molecule has 3 aliphatic carbocycles. The second kappa shape index (κ2) is 9.16. The second-order valence-electron chi connectivity index (χ2n) is 9.41. The predicted octanol–water partition coefficient (Wildman–Crippen LogP) is 0.869. The third-order valence-electron chi connectivity index (χ3n) is 7.38. The van der Waals surface area contributed by atoms with Gasteiger partial charge in [0.15, 0.2) is 11.4 Å². The van der Waals surface area contributed by atoms with E-state index in [-0.39, 0.29) is 18.7 Å². The van der Waals surface area contributed by atoms with Gasteiger partial charge in [0.05, 0.1) is 17.5 Å². The van der Waals surface area contributed by atoms with Gasteiger partial charge in [0.2, 0.25) is 5.78 Å². The highest BCUT2D eigenvalue weighted by Gasteiger charge is 2.69. The van der Waals surface area contributed by atoms with Crippen LogP contribution in [0.4, 0.5) is 0 Å². The summed E-state index contributed by atoms with van der Waals surface area (Å²) in [4.78, 5) is 53.2. The Kier molecular flexibility index (Phi) is 6.84. The highest BCUT2D eigenvalue weighted by Crippen LogP contribution is 2.56. The highest BCUT2D eigenvalue weighted by molar-refractivity contribution is 6.24. The van der Waals surface area contributed by atoms with Gasteiger partial charge in [-0.3, -0.25) is 19.3 Å². The van der Waals surface area contributed by atoms with E-state index in [9.17, 15) is 39.6 Å². The molecule has 1 saturated carbocycles. The zero-order valence-corrected chi connectivity index (χ0v) is 19.8. The number of rotatable bonds is 4. The van der Waals surface area contributed by atoms with Gasteiger partial charge in [0.1, 0.15) is 28.9 Å². The molecule has 4 rings (SSSR count). The Morgan fingerprint density at radius 3 is 2.35 bits per heavy atom. The third-order valence-corrected chi connectivity index (χ3v) is 7.38. The molecule has 0 spiro atoms. The lowest BCUT2D eigenvalue weighted by Crippen LogP contribution is -2.71. The Bertz CT molecular complexity index is 1290. The van der Waals surface area contributed by atoms with Crippen LogP contribution in [0.25, 0.3) is 5.76 Å². The van der Waals surface area contributed by atoms with Gasteiger partial charge in [-0.1, -0.05) is 33.1 Å². The van der Waals surface area contributed by atoms with Crippen molar-refractivity contribution in [2.24, 2.45) is 17.6 Å². The van der Waals surface area contributed by atoms with Crippen LogP contribution in [0.5, 0.6) is 5.75 Å². The topological polar surface area (TPSA) is 188 Å². The van der Waals surface area contributed by atoms with Crippen molar-refractivity contribution in [1.29, 1.82) is 0 Å². The maximum atomic E-state index is 14.0. The molecule has 11 nitrogen and oxygen atoms in total.